The fraction of sp³-hybridized carbons (Fsp3) is 0.667. The van der Waals surface area contributed by atoms with Crippen molar-refractivity contribution in [3.63, 3.8) is 0 Å². The van der Waals surface area contributed by atoms with Gasteiger partial charge >= 0.3 is 0 Å². The first kappa shape index (κ1) is 15.3. The maximum atomic E-state index is 10.8. The van der Waals surface area contributed by atoms with E-state index in [9.17, 15) is 4.79 Å². The van der Waals surface area contributed by atoms with Crippen molar-refractivity contribution in [2.24, 2.45) is 16.6 Å². The minimum Gasteiger partial charge on any atom is -0.369 e. The van der Waals surface area contributed by atoms with Crippen LogP contribution in [0.2, 0.25) is 0 Å². The van der Waals surface area contributed by atoms with Crippen molar-refractivity contribution in [1.82, 2.24) is 5.32 Å². The Balaban J connectivity index is 0. The van der Waals surface area contributed by atoms with E-state index in [1.807, 2.05) is 7.05 Å². The molecule has 5 heteroatoms. The molecule has 0 fully saturated rings. The van der Waals surface area contributed by atoms with Crippen LogP contribution in [0.3, 0.4) is 0 Å². The van der Waals surface area contributed by atoms with Gasteiger partial charge in [-0.2, -0.15) is 0 Å². The molecule has 0 aliphatic heterocycles. The molecule has 0 radical (unpaired) electrons. The number of nitrogens with two attached hydrogens (primary N) is 1. The molecule has 0 aliphatic rings. The zero-order valence-corrected chi connectivity index (χ0v) is 8.75. The topological polar surface area (TPSA) is 91.3 Å². The van der Waals surface area contributed by atoms with Crippen LogP contribution in [0.5, 0.6) is 0 Å². The predicted molar refractivity (Wildman–Crippen MR) is 60.1 cm³/mol. The fourth-order valence-electron chi connectivity index (χ4n) is 1.04. The number of carbonyl (C=O) groups is 1. The van der Waals surface area contributed by atoms with Crippen LogP contribution in [0.1, 0.15) is 12.8 Å². The van der Waals surface area contributed by atoms with Crippen LogP contribution >= 0.6 is 0 Å². The van der Waals surface area contributed by atoms with Crippen molar-refractivity contribution in [2.75, 3.05) is 20.1 Å². The lowest BCUT2D eigenvalue weighted by atomic mass is 10.0. The Morgan fingerprint density at radius 2 is 2.21 bits per heavy atom. The van der Waals surface area contributed by atoms with Gasteiger partial charge in [0.1, 0.15) is 0 Å². The number of aliphatic imine (C=N–C) groups is 1. The molecule has 1 atom stereocenters. The Bertz CT molecular complexity index is 161. The number of carbonyl (C=O) groups excluding carboxylic acids is 1. The summed E-state index contributed by atoms with van der Waals surface area (Å²) in [4.78, 5) is 14.5. The zero-order valence-electron chi connectivity index (χ0n) is 8.75. The second-order valence-electron chi connectivity index (χ2n) is 2.75. The van der Waals surface area contributed by atoms with Gasteiger partial charge in [0.15, 0.2) is 0 Å². The number of rotatable bonds is 7. The van der Waals surface area contributed by atoms with Gasteiger partial charge < -0.3 is 21.5 Å². The minimum absolute atomic E-state index is 0.0725. The molecule has 5 nitrogen and oxygen atoms in total. The third kappa shape index (κ3) is 8.86. The van der Waals surface area contributed by atoms with Gasteiger partial charge in [-0.3, -0.25) is 4.79 Å². The summed E-state index contributed by atoms with van der Waals surface area (Å²) in [6.07, 6.45) is 1.66. The lowest BCUT2D eigenvalue weighted by Crippen LogP contribution is -2.31. The molecule has 0 aromatic heterocycles. The van der Waals surface area contributed by atoms with E-state index in [1.54, 1.807) is 0 Å². The van der Waals surface area contributed by atoms with Crippen LogP contribution < -0.4 is 11.1 Å². The third-order valence-corrected chi connectivity index (χ3v) is 1.72. The van der Waals surface area contributed by atoms with E-state index in [0.29, 0.717) is 13.1 Å². The number of hydrogen-bond donors (Lipinski definition) is 3. The van der Waals surface area contributed by atoms with E-state index >= 15 is 0 Å². The summed E-state index contributed by atoms with van der Waals surface area (Å²) in [5.74, 6) is -0.315. The molecule has 0 rings (SSSR count). The highest BCUT2D eigenvalue weighted by Crippen LogP contribution is 2.04. The first-order chi connectivity index (χ1) is 6.72. The largest absolute Gasteiger partial charge is 0.369 e. The second-order valence-corrected chi connectivity index (χ2v) is 2.75. The lowest BCUT2D eigenvalue weighted by Gasteiger charge is -2.10. The van der Waals surface area contributed by atoms with Crippen LogP contribution in [-0.2, 0) is 4.79 Å². The molecule has 0 aromatic rings. The Hall–Kier alpha value is -1.23. The molecule has 14 heavy (non-hydrogen) atoms. The summed E-state index contributed by atoms with van der Waals surface area (Å²) in [7, 11) is 1.81. The van der Waals surface area contributed by atoms with Crippen LogP contribution in [-0.4, -0.2) is 39.5 Å². The maximum absolute atomic E-state index is 10.8. The van der Waals surface area contributed by atoms with Crippen LogP contribution in [0.15, 0.2) is 4.99 Å². The predicted octanol–water partition coefficient (Wildman–Crippen LogP) is 0.0539. The molecule has 0 aliphatic carbocycles. The molecular weight excluding hydrogens is 180 g/mol. The van der Waals surface area contributed by atoms with Crippen LogP contribution in [0.4, 0.5) is 0 Å². The Labute approximate surface area is 85.3 Å². The number of amides is 1. The highest BCUT2D eigenvalue weighted by Gasteiger charge is 2.12. The summed E-state index contributed by atoms with van der Waals surface area (Å²) < 4.78 is 0. The van der Waals surface area contributed by atoms with Gasteiger partial charge in [-0.1, -0.05) is 0 Å². The third-order valence-electron chi connectivity index (χ3n) is 1.72. The van der Waals surface area contributed by atoms with Gasteiger partial charge in [0.2, 0.25) is 5.91 Å². The molecule has 0 heterocycles. The number of nitrogens with zero attached hydrogens (tertiary/aromatic N) is 1. The average molecular weight is 200 g/mol. The molecule has 0 bridgehead atoms. The molecule has 4 N–H and O–H groups in total. The van der Waals surface area contributed by atoms with E-state index in [-0.39, 0.29) is 11.8 Å². The Morgan fingerprint density at radius 1 is 1.64 bits per heavy atom. The second kappa shape index (κ2) is 11.8. The van der Waals surface area contributed by atoms with Crippen molar-refractivity contribution in [2.45, 2.75) is 12.8 Å². The summed E-state index contributed by atoms with van der Waals surface area (Å²) in [5, 5.41) is 8.43. The quantitative estimate of drug-likeness (QED) is 0.400. The van der Waals surface area contributed by atoms with E-state index in [2.05, 4.69) is 23.7 Å². The first-order valence-electron chi connectivity index (χ1n) is 4.44. The molecule has 82 valence electrons. The molecule has 0 saturated heterocycles. The molecule has 0 saturated carbocycles. The highest BCUT2D eigenvalue weighted by atomic mass is 16.1. The van der Waals surface area contributed by atoms with Gasteiger partial charge in [0, 0.05) is 13.1 Å². The summed E-state index contributed by atoms with van der Waals surface area (Å²) in [5.41, 5.74) is 5.18. The molecule has 0 aromatic carbocycles. The van der Waals surface area contributed by atoms with Crippen molar-refractivity contribution >= 4 is 19.3 Å². The van der Waals surface area contributed by atoms with Gasteiger partial charge in [-0.25, -0.2) is 0 Å². The van der Waals surface area contributed by atoms with Crippen molar-refractivity contribution in [1.29, 1.82) is 5.41 Å². The number of nitrogens with one attached hydrogen (secondary N) is 2. The summed E-state index contributed by atoms with van der Waals surface area (Å²) >= 11 is 0. The van der Waals surface area contributed by atoms with E-state index in [4.69, 9.17) is 11.1 Å². The normalized spacial score (nSPS) is 10.9. The van der Waals surface area contributed by atoms with Gasteiger partial charge in [-0.05, 0) is 33.3 Å². The van der Waals surface area contributed by atoms with E-state index in [1.165, 1.54) is 0 Å². The Morgan fingerprint density at radius 3 is 2.57 bits per heavy atom. The molecule has 1 amide bonds. The van der Waals surface area contributed by atoms with Gasteiger partial charge in [0.25, 0.3) is 0 Å². The Kier molecular flexibility index (Phi) is 12.8. The smallest absolute Gasteiger partial charge is 0.221 e. The number of primary amides is 1. The van der Waals surface area contributed by atoms with Crippen LogP contribution in [0, 0.1) is 11.3 Å². The minimum atomic E-state index is -0.242. The zero-order chi connectivity index (χ0) is 11.4. The first-order valence-corrected chi connectivity index (χ1v) is 4.44. The van der Waals surface area contributed by atoms with E-state index < -0.39 is 0 Å². The average Bonchev–Trinajstić information content (AvgIpc) is 2.20. The van der Waals surface area contributed by atoms with Gasteiger partial charge in [0.05, 0.1) is 5.92 Å². The summed E-state index contributed by atoms with van der Waals surface area (Å²) in [6.45, 7) is 7.21. The summed E-state index contributed by atoms with van der Waals surface area (Å²) in [6, 6.07) is 0. The lowest BCUT2D eigenvalue weighted by molar-refractivity contribution is -0.121. The molecule has 1 unspecified atom stereocenters. The highest BCUT2D eigenvalue weighted by molar-refractivity contribution is 5.76. The van der Waals surface area contributed by atoms with Crippen molar-refractivity contribution in [3.8, 4) is 0 Å². The van der Waals surface area contributed by atoms with Crippen LogP contribution in [0.25, 0.3) is 0 Å². The van der Waals surface area contributed by atoms with Crippen molar-refractivity contribution in [3.05, 3.63) is 0 Å². The standard InChI is InChI=1S/C8H17N3O.CH3N/c1-10-5-3-4-7(6-11-2)8(9)12;1-2/h7,11H,1,3-6H2,2H3,(H2,9,12);2H,1H2. The van der Waals surface area contributed by atoms with Gasteiger partial charge in [-0.15, -0.1) is 0 Å². The number of hydrogen-bond acceptors (Lipinski definition) is 4. The SMILES string of the molecule is C=N.C=NCCCC(CNC)C(N)=O. The van der Waals surface area contributed by atoms with E-state index in [0.717, 1.165) is 12.8 Å². The van der Waals surface area contributed by atoms with Crippen molar-refractivity contribution < 1.29 is 4.79 Å². The fourth-order valence-corrected chi connectivity index (χ4v) is 1.04. The monoisotopic (exact) mass is 200 g/mol. The molecular formula is C9H20N4O. The molecule has 0 spiro atoms. The maximum Gasteiger partial charge on any atom is 0.221 e.